The van der Waals surface area contributed by atoms with Gasteiger partial charge in [-0.1, -0.05) is 12.1 Å². The lowest BCUT2D eigenvalue weighted by molar-refractivity contribution is 0.354. The van der Waals surface area contributed by atoms with Crippen molar-refractivity contribution in [3.05, 3.63) is 66.7 Å². The lowest BCUT2D eigenvalue weighted by Crippen LogP contribution is -2.15. The Bertz CT molecular complexity index is 1310. The van der Waals surface area contributed by atoms with E-state index in [-0.39, 0.29) is 26.9 Å². The van der Waals surface area contributed by atoms with Crippen LogP contribution in [-0.4, -0.2) is 38.2 Å². The molecule has 3 aromatic carbocycles. The van der Waals surface area contributed by atoms with Crippen molar-refractivity contribution >= 4 is 31.4 Å². The molecule has 0 aromatic heterocycles. The summed E-state index contributed by atoms with van der Waals surface area (Å²) in [5.74, 6) is 1.03. The average Bonchev–Trinajstić information content (AvgIpc) is 2.78. The first-order chi connectivity index (χ1) is 15.2. The van der Waals surface area contributed by atoms with Crippen LogP contribution in [0.1, 0.15) is 0 Å². The molecule has 0 saturated heterocycles. The number of anilines is 2. The predicted molar refractivity (Wildman–Crippen MR) is 121 cm³/mol. The first-order valence-electron chi connectivity index (χ1n) is 9.21. The Labute approximate surface area is 187 Å². The van der Waals surface area contributed by atoms with E-state index in [1.165, 1.54) is 63.8 Å². The number of ether oxygens (including phenoxy) is 3. The van der Waals surface area contributed by atoms with Crippen molar-refractivity contribution in [1.29, 1.82) is 0 Å². The van der Waals surface area contributed by atoms with Crippen LogP contribution in [0.5, 0.6) is 17.2 Å². The minimum absolute atomic E-state index is 0.0373. The summed E-state index contributed by atoms with van der Waals surface area (Å²) in [6, 6.07) is 16.1. The van der Waals surface area contributed by atoms with E-state index in [2.05, 4.69) is 9.44 Å². The summed E-state index contributed by atoms with van der Waals surface area (Å²) in [5, 5.41) is 0. The third-order valence-corrected chi connectivity index (χ3v) is 7.19. The minimum Gasteiger partial charge on any atom is -0.495 e. The zero-order valence-corrected chi connectivity index (χ0v) is 19.2. The summed E-state index contributed by atoms with van der Waals surface area (Å²) in [7, 11) is -3.57. The molecule has 0 heterocycles. The van der Waals surface area contributed by atoms with Gasteiger partial charge >= 0.3 is 0 Å². The van der Waals surface area contributed by atoms with Crippen LogP contribution in [0.2, 0.25) is 0 Å². The van der Waals surface area contributed by atoms with Crippen LogP contribution < -0.4 is 23.7 Å². The first-order valence-corrected chi connectivity index (χ1v) is 12.2. The molecule has 9 nitrogen and oxygen atoms in total. The van der Waals surface area contributed by atoms with E-state index in [0.29, 0.717) is 11.5 Å². The molecule has 11 heteroatoms. The Balaban J connectivity index is 1.81. The average molecular weight is 479 g/mol. The van der Waals surface area contributed by atoms with Gasteiger partial charge in [0.1, 0.15) is 5.75 Å². The monoisotopic (exact) mass is 478 g/mol. The highest BCUT2D eigenvalue weighted by Gasteiger charge is 2.19. The molecule has 0 aliphatic heterocycles. The molecule has 0 atom stereocenters. The van der Waals surface area contributed by atoms with Crippen LogP contribution in [0.4, 0.5) is 11.4 Å². The standard InChI is InChI=1S/C21H22N2O7S2/c1-28-19-7-5-4-6-18(19)23-31(24,25)16-10-8-15(9-11-16)22-32(26,27)17-12-13-20(29-2)21(14-17)30-3/h4-14,22-23H,1-3H3. The van der Waals surface area contributed by atoms with Gasteiger partial charge in [-0.05, 0) is 48.5 Å². The molecule has 0 radical (unpaired) electrons. The maximum atomic E-state index is 12.7. The lowest BCUT2D eigenvalue weighted by atomic mass is 10.3. The fourth-order valence-electron chi connectivity index (χ4n) is 2.83. The molecular weight excluding hydrogens is 456 g/mol. The fourth-order valence-corrected chi connectivity index (χ4v) is 4.98. The van der Waals surface area contributed by atoms with E-state index in [4.69, 9.17) is 14.2 Å². The quantitative estimate of drug-likeness (QED) is 0.484. The van der Waals surface area contributed by atoms with Crippen molar-refractivity contribution in [3.63, 3.8) is 0 Å². The SMILES string of the molecule is COc1ccccc1NS(=O)(=O)c1ccc(NS(=O)(=O)c2ccc(OC)c(OC)c2)cc1. The van der Waals surface area contributed by atoms with Gasteiger partial charge < -0.3 is 14.2 Å². The maximum absolute atomic E-state index is 12.7. The van der Waals surface area contributed by atoms with Gasteiger partial charge in [0, 0.05) is 11.8 Å². The molecule has 0 aliphatic carbocycles. The van der Waals surface area contributed by atoms with E-state index in [1.54, 1.807) is 24.3 Å². The Kier molecular flexibility index (Phi) is 6.80. The lowest BCUT2D eigenvalue weighted by Gasteiger charge is -2.13. The molecule has 0 unspecified atom stereocenters. The molecule has 3 rings (SSSR count). The molecule has 0 amide bonds. The molecule has 2 N–H and O–H groups in total. The fraction of sp³-hybridized carbons (Fsp3) is 0.143. The van der Waals surface area contributed by atoms with E-state index in [9.17, 15) is 16.8 Å². The third-order valence-electron chi connectivity index (χ3n) is 4.43. The molecule has 0 aliphatic rings. The van der Waals surface area contributed by atoms with Crippen LogP contribution in [0, 0.1) is 0 Å². The van der Waals surface area contributed by atoms with Crippen LogP contribution in [0.15, 0.2) is 76.5 Å². The smallest absolute Gasteiger partial charge is 0.262 e. The second-order valence-electron chi connectivity index (χ2n) is 6.45. The Morgan fingerprint density at radius 1 is 0.594 bits per heavy atom. The molecular formula is C21H22N2O7S2. The number of hydrogen-bond acceptors (Lipinski definition) is 7. The van der Waals surface area contributed by atoms with Crippen molar-refractivity contribution < 1.29 is 31.0 Å². The molecule has 0 bridgehead atoms. The van der Waals surface area contributed by atoms with Crippen LogP contribution >= 0.6 is 0 Å². The summed E-state index contributed by atoms with van der Waals surface area (Å²) in [6.45, 7) is 0. The second-order valence-corrected chi connectivity index (χ2v) is 9.82. The van der Waals surface area contributed by atoms with Crippen molar-refractivity contribution in [2.24, 2.45) is 0 Å². The van der Waals surface area contributed by atoms with E-state index < -0.39 is 20.0 Å². The maximum Gasteiger partial charge on any atom is 0.262 e. The summed E-state index contributed by atoms with van der Waals surface area (Å²) in [6.07, 6.45) is 0. The van der Waals surface area contributed by atoms with Crippen molar-refractivity contribution in [2.75, 3.05) is 30.8 Å². The van der Waals surface area contributed by atoms with Gasteiger partial charge in [0.05, 0.1) is 36.8 Å². The number of methoxy groups -OCH3 is 3. The number of sulfonamides is 2. The topological polar surface area (TPSA) is 120 Å². The van der Waals surface area contributed by atoms with Crippen LogP contribution in [0.25, 0.3) is 0 Å². The van der Waals surface area contributed by atoms with Gasteiger partial charge in [0.2, 0.25) is 0 Å². The van der Waals surface area contributed by atoms with Gasteiger partial charge in [0.15, 0.2) is 11.5 Å². The van der Waals surface area contributed by atoms with E-state index in [0.717, 1.165) is 0 Å². The number of rotatable bonds is 9. The number of nitrogens with one attached hydrogen (secondary N) is 2. The molecule has 0 spiro atoms. The Hall–Kier alpha value is -3.44. The van der Waals surface area contributed by atoms with Gasteiger partial charge in [-0.2, -0.15) is 0 Å². The van der Waals surface area contributed by atoms with Gasteiger partial charge in [0.25, 0.3) is 20.0 Å². The van der Waals surface area contributed by atoms with Gasteiger partial charge in [-0.25, -0.2) is 16.8 Å². The van der Waals surface area contributed by atoms with Crippen molar-refractivity contribution in [3.8, 4) is 17.2 Å². The zero-order chi connectivity index (χ0) is 23.4. The van der Waals surface area contributed by atoms with Crippen LogP contribution in [0.3, 0.4) is 0 Å². The van der Waals surface area contributed by atoms with E-state index in [1.807, 2.05) is 0 Å². The molecule has 32 heavy (non-hydrogen) atoms. The largest absolute Gasteiger partial charge is 0.495 e. The van der Waals surface area contributed by atoms with Gasteiger partial charge in [-0.15, -0.1) is 0 Å². The summed E-state index contributed by atoms with van der Waals surface area (Å²) >= 11 is 0. The Morgan fingerprint density at radius 3 is 1.78 bits per heavy atom. The number of para-hydroxylation sites is 2. The molecule has 0 fully saturated rings. The molecule has 170 valence electrons. The molecule has 0 saturated carbocycles. The highest BCUT2D eigenvalue weighted by atomic mass is 32.2. The van der Waals surface area contributed by atoms with Crippen LogP contribution in [-0.2, 0) is 20.0 Å². The van der Waals surface area contributed by atoms with Crippen molar-refractivity contribution in [2.45, 2.75) is 9.79 Å². The summed E-state index contributed by atoms with van der Waals surface area (Å²) < 4.78 is 71.1. The number of benzene rings is 3. The van der Waals surface area contributed by atoms with Crippen molar-refractivity contribution in [1.82, 2.24) is 0 Å². The summed E-state index contributed by atoms with van der Waals surface area (Å²) in [4.78, 5) is -0.0813. The Morgan fingerprint density at radius 2 is 1.16 bits per heavy atom. The summed E-state index contributed by atoms with van der Waals surface area (Å²) in [5.41, 5.74) is 0.476. The first kappa shape index (κ1) is 23.2. The van der Waals surface area contributed by atoms with E-state index >= 15 is 0 Å². The predicted octanol–water partition coefficient (Wildman–Crippen LogP) is 3.31. The minimum atomic E-state index is -3.94. The third kappa shape index (κ3) is 5.06. The number of hydrogen-bond donors (Lipinski definition) is 2. The highest BCUT2D eigenvalue weighted by molar-refractivity contribution is 7.93. The van der Waals surface area contributed by atoms with Gasteiger partial charge in [-0.3, -0.25) is 9.44 Å². The second kappa shape index (κ2) is 9.37. The zero-order valence-electron chi connectivity index (χ0n) is 17.5. The molecule has 3 aromatic rings. The normalized spacial score (nSPS) is 11.5. The highest BCUT2D eigenvalue weighted by Crippen LogP contribution is 2.30.